The van der Waals surface area contributed by atoms with Crippen LogP contribution in [0.5, 0.6) is 17.2 Å². The fourth-order valence-corrected chi connectivity index (χ4v) is 1.52. The first-order valence-corrected chi connectivity index (χ1v) is 5.44. The van der Waals surface area contributed by atoms with Crippen LogP contribution < -0.4 is 15.2 Å². The smallest absolute Gasteiger partial charge is 0.145 e. The van der Waals surface area contributed by atoms with Gasteiger partial charge in [0.25, 0.3) is 0 Å². The lowest BCUT2D eigenvalue weighted by Gasteiger charge is -2.09. The van der Waals surface area contributed by atoms with Gasteiger partial charge in [0.2, 0.25) is 0 Å². The molecule has 17 heavy (non-hydrogen) atoms. The van der Waals surface area contributed by atoms with Crippen LogP contribution in [0, 0.1) is 0 Å². The van der Waals surface area contributed by atoms with E-state index in [1.165, 1.54) is 0 Å². The minimum atomic E-state index is 0.580. The fourth-order valence-electron chi connectivity index (χ4n) is 1.39. The van der Waals surface area contributed by atoms with Gasteiger partial charge in [-0.3, -0.25) is 0 Å². The molecular weight excluding hydrogens is 238 g/mol. The number of rotatable bonds is 3. The maximum atomic E-state index is 5.79. The van der Waals surface area contributed by atoms with E-state index in [-0.39, 0.29) is 0 Å². The molecule has 3 nitrogen and oxygen atoms in total. The molecule has 0 atom stereocenters. The zero-order chi connectivity index (χ0) is 12.3. The molecule has 0 saturated heterocycles. The summed E-state index contributed by atoms with van der Waals surface area (Å²) in [4.78, 5) is 0. The van der Waals surface area contributed by atoms with Crippen molar-refractivity contribution < 1.29 is 9.47 Å². The molecule has 0 radical (unpaired) electrons. The molecule has 0 heterocycles. The molecule has 4 heteroatoms. The zero-order valence-electron chi connectivity index (χ0n) is 9.31. The molecule has 2 aromatic rings. The van der Waals surface area contributed by atoms with E-state index in [0.29, 0.717) is 28.0 Å². The third kappa shape index (κ3) is 2.82. The number of ether oxygens (including phenoxy) is 2. The summed E-state index contributed by atoms with van der Waals surface area (Å²) in [5.74, 6) is 1.97. The molecule has 0 aliphatic heterocycles. The second-order valence-corrected chi connectivity index (χ2v) is 3.90. The van der Waals surface area contributed by atoms with Gasteiger partial charge in [-0.2, -0.15) is 0 Å². The van der Waals surface area contributed by atoms with Crippen molar-refractivity contribution in [1.29, 1.82) is 0 Å². The van der Waals surface area contributed by atoms with Crippen LogP contribution in [0.4, 0.5) is 5.69 Å². The summed E-state index contributed by atoms with van der Waals surface area (Å²) in [5.41, 5.74) is 6.29. The maximum absolute atomic E-state index is 5.79. The van der Waals surface area contributed by atoms with Crippen LogP contribution in [-0.4, -0.2) is 7.11 Å². The van der Waals surface area contributed by atoms with Crippen molar-refractivity contribution in [1.82, 2.24) is 0 Å². The van der Waals surface area contributed by atoms with Gasteiger partial charge < -0.3 is 15.2 Å². The van der Waals surface area contributed by atoms with Gasteiger partial charge in [0.05, 0.1) is 12.8 Å². The van der Waals surface area contributed by atoms with Gasteiger partial charge in [-0.05, 0) is 36.4 Å². The molecule has 0 saturated carbocycles. The minimum absolute atomic E-state index is 0.580. The Labute approximate surface area is 105 Å². The highest BCUT2D eigenvalue weighted by atomic mass is 35.5. The van der Waals surface area contributed by atoms with E-state index in [1.54, 1.807) is 49.6 Å². The first-order chi connectivity index (χ1) is 8.19. The Hall–Kier alpha value is -1.87. The Kier molecular flexibility index (Phi) is 3.40. The molecule has 2 rings (SSSR count). The quantitative estimate of drug-likeness (QED) is 0.843. The van der Waals surface area contributed by atoms with Crippen LogP contribution in [0.15, 0.2) is 42.5 Å². The predicted octanol–water partition coefficient (Wildman–Crippen LogP) is 3.72. The Morgan fingerprint density at radius 1 is 1.00 bits per heavy atom. The highest BCUT2D eigenvalue weighted by molar-refractivity contribution is 6.30. The van der Waals surface area contributed by atoms with Crippen molar-refractivity contribution in [2.75, 3.05) is 12.8 Å². The van der Waals surface area contributed by atoms with Crippen LogP contribution in [0.25, 0.3) is 0 Å². The molecule has 0 aliphatic rings. The topological polar surface area (TPSA) is 44.5 Å². The summed E-state index contributed by atoms with van der Waals surface area (Å²) in [6.45, 7) is 0. The lowest BCUT2D eigenvalue weighted by Crippen LogP contribution is -1.93. The summed E-state index contributed by atoms with van der Waals surface area (Å²) in [5, 5.41) is 0.673. The lowest BCUT2D eigenvalue weighted by atomic mass is 10.3. The van der Waals surface area contributed by atoms with E-state index in [1.807, 2.05) is 0 Å². The average molecular weight is 250 g/mol. The molecule has 0 spiro atoms. The van der Waals surface area contributed by atoms with Crippen molar-refractivity contribution in [3.05, 3.63) is 47.5 Å². The second kappa shape index (κ2) is 4.97. The van der Waals surface area contributed by atoms with E-state index < -0.39 is 0 Å². The van der Waals surface area contributed by atoms with E-state index >= 15 is 0 Å². The fraction of sp³-hybridized carbons (Fsp3) is 0.0769. The lowest BCUT2D eigenvalue weighted by molar-refractivity contribution is 0.411. The average Bonchev–Trinajstić information content (AvgIpc) is 2.34. The van der Waals surface area contributed by atoms with Gasteiger partial charge in [-0.25, -0.2) is 0 Å². The Balaban J connectivity index is 2.21. The second-order valence-electron chi connectivity index (χ2n) is 3.46. The third-order valence-corrected chi connectivity index (χ3v) is 2.51. The molecule has 2 aromatic carbocycles. The number of halogens is 1. The van der Waals surface area contributed by atoms with Gasteiger partial charge in [0.1, 0.15) is 17.2 Å². The molecular formula is C13H12ClNO2. The van der Waals surface area contributed by atoms with Crippen molar-refractivity contribution in [2.45, 2.75) is 0 Å². The summed E-state index contributed by atoms with van der Waals surface area (Å²) in [6.07, 6.45) is 0. The number of benzene rings is 2. The highest BCUT2D eigenvalue weighted by Gasteiger charge is 2.03. The Morgan fingerprint density at radius 3 is 2.29 bits per heavy atom. The zero-order valence-corrected chi connectivity index (χ0v) is 10.1. The molecule has 0 fully saturated rings. The van der Waals surface area contributed by atoms with Crippen molar-refractivity contribution in [3.63, 3.8) is 0 Å². The Bertz CT molecular complexity index is 511. The van der Waals surface area contributed by atoms with E-state index in [0.717, 1.165) is 0 Å². The third-order valence-electron chi connectivity index (χ3n) is 2.25. The normalized spacial score (nSPS) is 10.0. The van der Waals surface area contributed by atoms with Gasteiger partial charge in [0.15, 0.2) is 0 Å². The SMILES string of the molecule is COc1cc(Oc2ccc(Cl)cc2)ccc1N. The van der Waals surface area contributed by atoms with Crippen molar-refractivity contribution >= 4 is 17.3 Å². The van der Waals surface area contributed by atoms with Crippen LogP contribution in [-0.2, 0) is 0 Å². The van der Waals surface area contributed by atoms with Crippen LogP contribution in [0.1, 0.15) is 0 Å². The first-order valence-electron chi connectivity index (χ1n) is 5.06. The van der Waals surface area contributed by atoms with Gasteiger partial charge in [-0.15, -0.1) is 0 Å². The van der Waals surface area contributed by atoms with E-state index in [4.69, 9.17) is 26.8 Å². The number of anilines is 1. The van der Waals surface area contributed by atoms with Gasteiger partial charge in [-0.1, -0.05) is 11.6 Å². The van der Waals surface area contributed by atoms with Gasteiger partial charge in [0, 0.05) is 11.1 Å². The minimum Gasteiger partial charge on any atom is -0.494 e. The molecule has 0 aromatic heterocycles. The van der Waals surface area contributed by atoms with Crippen molar-refractivity contribution in [3.8, 4) is 17.2 Å². The predicted molar refractivity (Wildman–Crippen MR) is 68.9 cm³/mol. The monoisotopic (exact) mass is 249 g/mol. The molecule has 0 unspecified atom stereocenters. The standard InChI is InChI=1S/C13H12ClNO2/c1-16-13-8-11(6-7-12(13)15)17-10-4-2-9(14)3-5-10/h2-8H,15H2,1H3. The summed E-state index contributed by atoms with van der Waals surface area (Å²) < 4.78 is 10.8. The number of methoxy groups -OCH3 is 1. The van der Waals surface area contributed by atoms with Crippen molar-refractivity contribution in [2.24, 2.45) is 0 Å². The molecule has 0 aliphatic carbocycles. The Morgan fingerprint density at radius 2 is 1.65 bits per heavy atom. The van der Waals surface area contributed by atoms with Crippen LogP contribution in [0.3, 0.4) is 0 Å². The molecule has 2 N–H and O–H groups in total. The number of hydrogen-bond donors (Lipinski definition) is 1. The number of nitrogen functional groups attached to an aromatic ring is 1. The number of hydrogen-bond acceptors (Lipinski definition) is 3. The van der Waals surface area contributed by atoms with Crippen LogP contribution in [0.2, 0.25) is 5.02 Å². The summed E-state index contributed by atoms with van der Waals surface area (Å²) >= 11 is 5.79. The van der Waals surface area contributed by atoms with Gasteiger partial charge >= 0.3 is 0 Å². The van der Waals surface area contributed by atoms with E-state index in [9.17, 15) is 0 Å². The van der Waals surface area contributed by atoms with Crippen LogP contribution >= 0.6 is 11.6 Å². The summed E-state index contributed by atoms with van der Waals surface area (Å²) in [6, 6.07) is 12.4. The summed E-state index contributed by atoms with van der Waals surface area (Å²) in [7, 11) is 1.57. The molecule has 0 amide bonds. The first kappa shape index (κ1) is 11.6. The van der Waals surface area contributed by atoms with E-state index in [2.05, 4.69) is 0 Å². The largest absolute Gasteiger partial charge is 0.494 e. The molecule has 88 valence electrons. The highest BCUT2D eigenvalue weighted by Crippen LogP contribution is 2.30. The molecule has 0 bridgehead atoms. The number of nitrogens with two attached hydrogens (primary N) is 1. The maximum Gasteiger partial charge on any atom is 0.145 e.